The first-order valence-corrected chi connectivity index (χ1v) is 7.10. The molecule has 0 amide bonds. The molecule has 2 aromatic carbocycles. The van der Waals surface area contributed by atoms with Crippen molar-refractivity contribution >= 4 is 16.9 Å². The monoisotopic (exact) mass is 330 g/mol. The Labute approximate surface area is 134 Å². The summed E-state index contributed by atoms with van der Waals surface area (Å²) in [5, 5.41) is 0.407. The van der Waals surface area contributed by atoms with Crippen molar-refractivity contribution in [3.8, 4) is 0 Å². The summed E-state index contributed by atoms with van der Waals surface area (Å²) in [5.74, 6) is -2.66. The third kappa shape index (κ3) is 3.01. The van der Waals surface area contributed by atoms with Crippen LogP contribution in [0, 0.1) is 11.6 Å². The lowest BCUT2D eigenvalue weighted by Crippen LogP contribution is -2.18. The number of H-pyrrole nitrogens is 1. The number of aromatic amines is 1. The fourth-order valence-electron chi connectivity index (χ4n) is 2.23. The molecular weight excluding hydrogens is 318 g/mol. The van der Waals surface area contributed by atoms with Crippen LogP contribution < -0.4 is 5.56 Å². The molecule has 24 heavy (non-hydrogen) atoms. The van der Waals surface area contributed by atoms with Gasteiger partial charge in [-0.15, -0.1) is 0 Å². The molecule has 1 N–H and O–H groups in total. The predicted molar refractivity (Wildman–Crippen MR) is 82.6 cm³/mol. The first kappa shape index (κ1) is 15.8. The number of aromatic nitrogens is 2. The first-order valence-electron chi connectivity index (χ1n) is 7.10. The Morgan fingerprint density at radius 3 is 2.71 bits per heavy atom. The van der Waals surface area contributed by atoms with Gasteiger partial charge in [0.2, 0.25) is 0 Å². The minimum atomic E-state index is -1.02. The zero-order chi connectivity index (χ0) is 17.3. The van der Waals surface area contributed by atoms with Gasteiger partial charge in [0, 0.05) is 6.07 Å². The van der Waals surface area contributed by atoms with Crippen LogP contribution >= 0.6 is 0 Å². The second-order valence-corrected chi connectivity index (χ2v) is 5.14. The maximum atomic E-state index is 13.6. The summed E-state index contributed by atoms with van der Waals surface area (Å²) in [6, 6.07) is 9.26. The highest BCUT2D eigenvalue weighted by Gasteiger charge is 2.19. The number of carbonyl (C=O) groups is 1. The minimum absolute atomic E-state index is 0.134. The number of nitrogens with one attached hydrogen (secondary N) is 1. The molecule has 0 radical (unpaired) electrons. The Morgan fingerprint density at radius 2 is 1.96 bits per heavy atom. The summed E-state index contributed by atoms with van der Waals surface area (Å²) in [4.78, 5) is 30.8. The fraction of sp³-hybridized carbons (Fsp3) is 0.118. The van der Waals surface area contributed by atoms with Crippen molar-refractivity contribution in [2.75, 3.05) is 0 Å². The van der Waals surface area contributed by atoms with Crippen LogP contribution in [0.25, 0.3) is 10.9 Å². The SMILES string of the molecule is C[C@H](OC(=O)c1ccc(F)cc1F)c1nc2ccccc2c(=O)[nH]1. The van der Waals surface area contributed by atoms with E-state index < -0.39 is 29.3 Å². The molecule has 122 valence electrons. The van der Waals surface area contributed by atoms with Gasteiger partial charge in [-0.1, -0.05) is 12.1 Å². The zero-order valence-electron chi connectivity index (χ0n) is 12.5. The molecule has 5 nitrogen and oxygen atoms in total. The van der Waals surface area contributed by atoms with Gasteiger partial charge in [0.15, 0.2) is 11.9 Å². The molecule has 0 aliphatic carbocycles. The average molecular weight is 330 g/mol. The summed E-state index contributed by atoms with van der Waals surface area (Å²) in [6.45, 7) is 1.49. The number of fused-ring (bicyclic) bond motifs is 1. The van der Waals surface area contributed by atoms with Gasteiger partial charge >= 0.3 is 5.97 Å². The van der Waals surface area contributed by atoms with Gasteiger partial charge < -0.3 is 9.72 Å². The number of para-hydroxylation sites is 1. The van der Waals surface area contributed by atoms with E-state index in [1.54, 1.807) is 24.3 Å². The smallest absolute Gasteiger partial charge is 0.341 e. The summed E-state index contributed by atoms with van der Waals surface area (Å²) in [5.41, 5.74) is -0.315. The molecule has 0 fully saturated rings. The number of ether oxygens (including phenoxy) is 1. The molecular formula is C17H12F2N2O3. The van der Waals surface area contributed by atoms with E-state index in [0.29, 0.717) is 17.0 Å². The highest BCUT2D eigenvalue weighted by atomic mass is 19.1. The molecule has 0 aliphatic rings. The van der Waals surface area contributed by atoms with Gasteiger partial charge in [-0.2, -0.15) is 0 Å². The third-order valence-electron chi connectivity index (χ3n) is 3.45. The fourth-order valence-corrected chi connectivity index (χ4v) is 2.23. The van der Waals surface area contributed by atoms with Crippen LogP contribution in [-0.4, -0.2) is 15.9 Å². The Kier molecular flexibility index (Phi) is 4.07. The third-order valence-corrected chi connectivity index (χ3v) is 3.45. The Morgan fingerprint density at radius 1 is 1.21 bits per heavy atom. The summed E-state index contributed by atoms with van der Waals surface area (Å²) in [6.07, 6.45) is -0.917. The molecule has 0 spiro atoms. The topological polar surface area (TPSA) is 72.0 Å². The van der Waals surface area contributed by atoms with Gasteiger partial charge in [0.25, 0.3) is 5.56 Å². The molecule has 7 heteroatoms. The Bertz CT molecular complexity index is 985. The van der Waals surface area contributed by atoms with E-state index in [1.165, 1.54) is 6.92 Å². The van der Waals surface area contributed by atoms with Crippen molar-refractivity contribution in [1.29, 1.82) is 0 Å². The molecule has 0 saturated heterocycles. The van der Waals surface area contributed by atoms with Crippen LogP contribution in [0.4, 0.5) is 8.78 Å². The van der Waals surface area contributed by atoms with Crippen LogP contribution in [0.5, 0.6) is 0 Å². The number of halogens is 2. The largest absolute Gasteiger partial charge is 0.451 e. The number of hydrogen-bond donors (Lipinski definition) is 1. The van der Waals surface area contributed by atoms with Crippen molar-refractivity contribution in [3.63, 3.8) is 0 Å². The average Bonchev–Trinajstić information content (AvgIpc) is 2.54. The number of rotatable bonds is 3. The molecule has 1 heterocycles. The van der Waals surface area contributed by atoms with Gasteiger partial charge in [-0.25, -0.2) is 18.6 Å². The lowest BCUT2D eigenvalue weighted by molar-refractivity contribution is 0.0314. The van der Waals surface area contributed by atoms with Crippen LogP contribution in [-0.2, 0) is 4.74 Å². The lowest BCUT2D eigenvalue weighted by atomic mass is 10.2. The minimum Gasteiger partial charge on any atom is -0.451 e. The van der Waals surface area contributed by atoms with Crippen molar-refractivity contribution in [3.05, 3.63) is 75.8 Å². The molecule has 0 unspecified atom stereocenters. The number of esters is 1. The predicted octanol–water partition coefficient (Wildman–Crippen LogP) is 3.12. The van der Waals surface area contributed by atoms with E-state index in [9.17, 15) is 18.4 Å². The second-order valence-electron chi connectivity index (χ2n) is 5.14. The van der Waals surface area contributed by atoms with Crippen molar-refractivity contribution < 1.29 is 18.3 Å². The molecule has 3 aromatic rings. The van der Waals surface area contributed by atoms with Gasteiger partial charge in [0.1, 0.15) is 11.6 Å². The van der Waals surface area contributed by atoms with Gasteiger partial charge in [-0.3, -0.25) is 4.79 Å². The quantitative estimate of drug-likeness (QED) is 0.749. The molecule has 3 rings (SSSR count). The normalized spacial score (nSPS) is 12.1. The molecule has 1 atom stereocenters. The van der Waals surface area contributed by atoms with E-state index in [1.807, 2.05) is 0 Å². The van der Waals surface area contributed by atoms with Crippen LogP contribution in [0.15, 0.2) is 47.3 Å². The highest BCUT2D eigenvalue weighted by molar-refractivity contribution is 5.89. The lowest BCUT2D eigenvalue weighted by Gasteiger charge is -2.13. The van der Waals surface area contributed by atoms with Crippen LogP contribution in [0.1, 0.15) is 29.2 Å². The highest BCUT2D eigenvalue weighted by Crippen LogP contribution is 2.18. The summed E-state index contributed by atoms with van der Waals surface area (Å²) < 4.78 is 31.6. The van der Waals surface area contributed by atoms with Crippen molar-refractivity contribution in [1.82, 2.24) is 9.97 Å². The van der Waals surface area contributed by atoms with Crippen LogP contribution in [0.2, 0.25) is 0 Å². The number of nitrogens with zero attached hydrogens (tertiary/aromatic N) is 1. The maximum absolute atomic E-state index is 13.6. The van der Waals surface area contributed by atoms with E-state index in [4.69, 9.17) is 4.74 Å². The molecule has 1 aromatic heterocycles. The molecule has 0 saturated carbocycles. The van der Waals surface area contributed by atoms with Crippen molar-refractivity contribution in [2.45, 2.75) is 13.0 Å². The van der Waals surface area contributed by atoms with E-state index in [-0.39, 0.29) is 11.4 Å². The standard InChI is InChI=1S/C17H12F2N2O3/c1-9(24-17(23)11-7-6-10(18)8-13(11)19)15-20-14-5-3-2-4-12(14)16(22)21-15/h2-9H,1H3,(H,20,21,22)/t9-/m0/s1. The Hall–Kier alpha value is -3.09. The first-order chi connectivity index (χ1) is 11.5. The van der Waals surface area contributed by atoms with Gasteiger partial charge in [0.05, 0.1) is 16.5 Å². The number of carbonyl (C=O) groups excluding carboxylic acids is 1. The summed E-state index contributed by atoms with van der Waals surface area (Å²) >= 11 is 0. The van der Waals surface area contributed by atoms with Crippen LogP contribution in [0.3, 0.4) is 0 Å². The molecule has 0 bridgehead atoms. The second kappa shape index (κ2) is 6.19. The van der Waals surface area contributed by atoms with Crippen molar-refractivity contribution in [2.24, 2.45) is 0 Å². The van der Waals surface area contributed by atoms with E-state index >= 15 is 0 Å². The number of benzene rings is 2. The van der Waals surface area contributed by atoms with E-state index in [2.05, 4.69) is 9.97 Å². The Balaban J connectivity index is 1.88. The number of hydrogen-bond acceptors (Lipinski definition) is 4. The zero-order valence-corrected chi connectivity index (χ0v) is 12.5. The summed E-state index contributed by atoms with van der Waals surface area (Å²) in [7, 11) is 0. The van der Waals surface area contributed by atoms with Gasteiger partial charge in [-0.05, 0) is 31.2 Å². The maximum Gasteiger partial charge on any atom is 0.341 e. The van der Waals surface area contributed by atoms with E-state index in [0.717, 1.165) is 12.1 Å². The molecule has 0 aliphatic heterocycles.